The smallest absolute Gasteiger partial charge is 0.220 e. The van der Waals surface area contributed by atoms with Crippen LogP contribution < -0.4 is 5.32 Å². The van der Waals surface area contributed by atoms with Crippen LogP contribution in [0.25, 0.3) is 0 Å². The number of nitriles is 1. The van der Waals surface area contributed by atoms with Gasteiger partial charge in [-0.2, -0.15) is 5.26 Å². The predicted octanol–water partition coefficient (Wildman–Crippen LogP) is 0.243. The molecule has 0 radical (unpaired) electrons. The molecule has 1 aliphatic rings. The zero-order chi connectivity index (χ0) is 5.33. The van der Waals surface area contributed by atoms with Gasteiger partial charge in [0.1, 0.15) is 6.07 Å². The van der Waals surface area contributed by atoms with Crippen LogP contribution in [0.2, 0.25) is 0 Å². The minimum atomic E-state index is -1.54. The Morgan fingerprint density at radius 2 is 2.12 bits per heavy atom. The summed E-state index contributed by atoms with van der Waals surface area (Å²) in [5, 5.41) is 10.6. The Kier molecular flexibility index (Phi) is 2.20. The van der Waals surface area contributed by atoms with E-state index >= 15 is 0 Å². The van der Waals surface area contributed by atoms with Crippen LogP contribution in [0.5, 0.6) is 0 Å². The molecule has 0 aromatic heterocycles. The van der Waals surface area contributed by atoms with Crippen molar-refractivity contribution in [1.82, 2.24) is 5.32 Å². The van der Waals surface area contributed by atoms with Crippen molar-refractivity contribution in [2.45, 2.75) is 5.67 Å². The molecule has 0 aromatic carbocycles. The Morgan fingerprint density at radius 1 is 1.62 bits per heavy atom. The maximum atomic E-state index is 12.2. The largest absolute Gasteiger partial charge is 0.308 e. The Balaban J connectivity index is 0.000000490. The van der Waals surface area contributed by atoms with E-state index in [0.717, 1.165) is 0 Å². The summed E-state index contributed by atoms with van der Waals surface area (Å²) in [5.74, 6) is 0. The van der Waals surface area contributed by atoms with Crippen LogP contribution in [0, 0.1) is 11.3 Å². The van der Waals surface area contributed by atoms with E-state index < -0.39 is 5.67 Å². The minimum Gasteiger partial charge on any atom is -0.308 e. The maximum Gasteiger partial charge on any atom is 0.220 e. The number of alkyl halides is 1. The van der Waals surface area contributed by atoms with Crippen molar-refractivity contribution in [3.8, 4) is 6.07 Å². The lowest BCUT2D eigenvalue weighted by Gasteiger charge is -2.27. The third-order valence-corrected chi connectivity index (χ3v) is 1.01. The molecular formula is C4H6ClFN2. The van der Waals surface area contributed by atoms with E-state index in [1.54, 1.807) is 6.07 Å². The molecule has 0 spiro atoms. The molecule has 1 rings (SSSR count). The van der Waals surface area contributed by atoms with Crippen molar-refractivity contribution in [1.29, 1.82) is 5.26 Å². The first-order valence-electron chi connectivity index (χ1n) is 2.08. The highest BCUT2D eigenvalue weighted by atomic mass is 35.5. The molecule has 0 bridgehead atoms. The van der Waals surface area contributed by atoms with Gasteiger partial charge in [0.2, 0.25) is 5.67 Å². The molecule has 1 aliphatic heterocycles. The molecule has 1 N–H and O–H groups in total. The number of nitrogens with zero attached hydrogens (tertiary/aromatic N) is 1. The van der Waals surface area contributed by atoms with Crippen LogP contribution in [0.1, 0.15) is 0 Å². The fourth-order valence-corrected chi connectivity index (χ4v) is 0.424. The summed E-state index contributed by atoms with van der Waals surface area (Å²) in [6, 6.07) is 1.55. The van der Waals surface area contributed by atoms with Gasteiger partial charge >= 0.3 is 0 Å². The Hall–Kier alpha value is -0.330. The van der Waals surface area contributed by atoms with Crippen LogP contribution >= 0.6 is 12.4 Å². The zero-order valence-corrected chi connectivity index (χ0v) is 4.96. The predicted molar refractivity (Wildman–Crippen MR) is 29.6 cm³/mol. The number of halogens is 2. The average molecular weight is 137 g/mol. The summed E-state index contributed by atoms with van der Waals surface area (Å²) in [7, 11) is 0. The molecule has 0 amide bonds. The highest BCUT2D eigenvalue weighted by molar-refractivity contribution is 5.85. The number of hydrogen-bond acceptors (Lipinski definition) is 2. The molecule has 4 heteroatoms. The van der Waals surface area contributed by atoms with Gasteiger partial charge in [-0.3, -0.25) is 0 Å². The first-order chi connectivity index (χ1) is 3.27. The Bertz CT molecular complexity index is 116. The van der Waals surface area contributed by atoms with Crippen molar-refractivity contribution >= 4 is 12.4 Å². The third kappa shape index (κ3) is 1.09. The van der Waals surface area contributed by atoms with Gasteiger partial charge in [0.25, 0.3) is 0 Å². The van der Waals surface area contributed by atoms with E-state index in [9.17, 15) is 4.39 Å². The van der Waals surface area contributed by atoms with Crippen LogP contribution in [-0.2, 0) is 0 Å². The highest BCUT2D eigenvalue weighted by Crippen LogP contribution is 2.13. The summed E-state index contributed by atoms with van der Waals surface area (Å²) < 4.78 is 12.2. The van der Waals surface area contributed by atoms with Crippen molar-refractivity contribution in [2.75, 3.05) is 13.1 Å². The second kappa shape index (κ2) is 2.29. The summed E-state index contributed by atoms with van der Waals surface area (Å²) in [4.78, 5) is 0. The number of nitrogens with one attached hydrogen (secondary N) is 1. The van der Waals surface area contributed by atoms with Crippen LogP contribution in [0.15, 0.2) is 0 Å². The van der Waals surface area contributed by atoms with E-state index in [4.69, 9.17) is 5.26 Å². The molecule has 8 heavy (non-hydrogen) atoms. The lowest BCUT2D eigenvalue weighted by Crippen LogP contribution is -2.55. The summed E-state index contributed by atoms with van der Waals surface area (Å²) >= 11 is 0. The monoisotopic (exact) mass is 136 g/mol. The van der Waals surface area contributed by atoms with Gasteiger partial charge in [-0.05, 0) is 0 Å². The summed E-state index contributed by atoms with van der Waals surface area (Å²) in [5.41, 5.74) is -1.54. The number of rotatable bonds is 0. The fraction of sp³-hybridized carbons (Fsp3) is 0.750. The van der Waals surface area contributed by atoms with E-state index in [2.05, 4.69) is 5.32 Å². The molecule has 0 unspecified atom stereocenters. The van der Waals surface area contributed by atoms with Crippen LogP contribution in [-0.4, -0.2) is 18.8 Å². The molecule has 0 aliphatic carbocycles. The van der Waals surface area contributed by atoms with Crippen molar-refractivity contribution in [2.24, 2.45) is 0 Å². The Labute approximate surface area is 53.1 Å². The molecule has 1 saturated heterocycles. The molecule has 46 valence electrons. The van der Waals surface area contributed by atoms with Gasteiger partial charge in [0.15, 0.2) is 0 Å². The van der Waals surface area contributed by atoms with Gasteiger partial charge in [-0.1, -0.05) is 0 Å². The second-order valence-electron chi connectivity index (χ2n) is 1.68. The van der Waals surface area contributed by atoms with Crippen LogP contribution in [0.3, 0.4) is 0 Å². The molecule has 1 fully saturated rings. The molecular weight excluding hydrogens is 131 g/mol. The number of hydrogen-bond donors (Lipinski definition) is 1. The molecule has 0 aromatic rings. The minimum absolute atomic E-state index is 0. The van der Waals surface area contributed by atoms with Gasteiger partial charge in [-0.15, -0.1) is 12.4 Å². The first kappa shape index (κ1) is 7.67. The van der Waals surface area contributed by atoms with Crippen molar-refractivity contribution in [3.63, 3.8) is 0 Å². The van der Waals surface area contributed by atoms with Gasteiger partial charge in [0.05, 0.1) is 0 Å². The molecule has 0 saturated carbocycles. The average Bonchev–Trinajstić information content (AvgIpc) is 1.61. The quantitative estimate of drug-likeness (QED) is 0.518. The fourth-order valence-electron chi connectivity index (χ4n) is 0.424. The highest BCUT2D eigenvalue weighted by Gasteiger charge is 2.36. The third-order valence-electron chi connectivity index (χ3n) is 1.01. The molecule has 0 atom stereocenters. The van der Waals surface area contributed by atoms with Gasteiger partial charge in [-0.25, -0.2) is 4.39 Å². The first-order valence-corrected chi connectivity index (χ1v) is 2.08. The summed E-state index contributed by atoms with van der Waals surface area (Å²) in [6.45, 7) is 0.396. The van der Waals surface area contributed by atoms with Gasteiger partial charge < -0.3 is 5.32 Å². The lowest BCUT2D eigenvalue weighted by molar-refractivity contribution is 0.156. The molecule has 1 heterocycles. The van der Waals surface area contributed by atoms with Crippen LogP contribution in [0.4, 0.5) is 4.39 Å². The van der Waals surface area contributed by atoms with E-state index in [1.165, 1.54) is 0 Å². The second-order valence-corrected chi connectivity index (χ2v) is 1.68. The zero-order valence-electron chi connectivity index (χ0n) is 4.15. The van der Waals surface area contributed by atoms with E-state index in [-0.39, 0.29) is 25.5 Å². The SMILES string of the molecule is Cl.N#CC1(F)CNC1. The van der Waals surface area contributed by atoms with Gasteiger partial charge in [0, 0.05) is 13.1 Å². The lowest BCUT2D eigenvalue weighted by atomic mass is 10.0. The Morgan fingerprint density at radius 3 is 2.12 bits per heavy atom. The normalized spacial score (nSPS) is 22.0. The van der Waals surface area contributed by atoms with Crippen molar-refractivity contribution < 1.29 is 4.39 Å². The maximum absolute atomic E-state index is 12.2. The van der Waals surface area contributed by atoms with E-state index in [1.807, 2.05) is 0 Å². The topological polar surface area (TPSA) is 35.8 Å². The van der Waals surface area contributed by atoms with Crippen molar-refractivity contribution in [3.05, 3.63) is 0 Å². The summed E-state index contributed by atoms with van der Waals surface area (Å²) in [6.07, 6.45) is 0. The van der Waals surface area contributed by atoms with E-state index in [0.29, 0.717) is 0 Å². The standard InChI is InChI=1S/C4H5FN2.ClH/c5-4(1-6)2-7-3-4;/h7H,2-3H2;1H. The molecule has 2 nitrogen and oxygen atoms in total.